The van der Waals surface area contributed by atoms with Crippen molar-refractivity contribution in [3.05, 3.63) is 52.5 Å². The normalized spacial score (nSPS) is 12.3. The van der Waals surface area contributed by atoms with E-state index in [1.807, 2.05) is 24.7 Å². The predicted octanol–water partition coefficient (Wildman–Crippen LogP) is 6.57. The summed E-state index contributed by atoms with van der Waals surface area (Å²) in [4.78, 5) is 4.11. The highest BCUT2D eigenvalue weighted by atomic mass is 35.5. The van der Waals surface area contributed by atoms with Gasteiger partial charge in [0.2, 0.25) is 0 Å². The number of rotatable bonds is 8. The van der Waals surface area contributed by atoms with Crippen LogP contribution >= 0.6 is 47.2 Å². The largest absolute Gasteiger partial charge is 0.336 e. The molecule has 6 heteroatoms. The first-order valence-electron chi connectivity index (χ1n) is 7.70. The monoisotopic (exact) mass is 386 g/mol. The van der Waals surface area contributed by atoms with Crippen LogP contribution in [0.4, 0.5) is 0 Å². The second-order valence-corrected chi connectivity index (χ2v) is 8.25. The van der Waals surface area contributed by atoms with E-state index in [1.54, 1.807) is 24.0 Å². The molecule has 0 radical (unpaired) electrons. The van der Waals surface area contributed by atoms with Crippen molar-refractivity contribution in [3.8, 4) is 0 Å². The van der Waals surface area contributed by atoms with Gasteiger partial charge in [0.1, 0.15) is 0 Å². The second kappa shape index (κ2) is 9.67. The number of hydrogen-bond donors (Lipinski definition) is 0. The van der Waals surface area contributed by atoms with Crippen molar-refractivity contribution in [2.24, 2.45) is 0 Å². The maximum atomic E-state index is 6.41. The van der Waals surface area contributed by atoms with E-state index in [-0.39, 0.29) is 5.25 Å². The molecule has 1 aromatic carbocycles. The lowest BCUT2D eigenvalue weighted by molar-refractivity contribution is 0.685. The van der Waals surface area contributed by atoms with Crippen LogP contribution in [-0.4, -0.2) is 13.7 Å². The van der Waals surface area contributed by atoms with Gasteiger partial charge in [0.25, 0.3) is 0 Å². The van der Waals surface area contributed by atoms with E-state index in [0.717, 1.165) is 29.1 Å². The molecule has 1 atom stereocenters. The van der Waals surface area contributed by atoms with Crippen LogP contribution < -0.4 is 0 Å². The average Bonchev–Trinajstić information content (AvgIpc) is 3.00. The van der Waals surface area contributed by atoms with Crippen molar-refractivity contribution >= 4 is 51.4 Å². The third kappa shape index (κ3) is 6.11. The van der Waals surface area contributed by atoms with Crippen LogP contribution in [-0.2, 0) is 6.54 Å². The molecule has 2 nitrogen and oxygen atoms in total. The summed E-state index contributed by atoms with van der Waals surface area (Å²) in [7, 11) is 0. The molecule has 0 saturated heterocycles. The van der Waals surface area contributed by atoms with E-state index in [4.69, 9.17) is 35.4 Å². The molecule has 0 fully saturated rings. The van der Waals surface area contributed by atoms with Gasteiger partial charge < -0.3 is 4.57 Å². The molecular weight excluding hydrogens is 367 g/mol. The highest BCUT2D eigenvalue weighted by Crippen LogP contribution is 2.38. The van der Waals surface area contributed by atoms with Crippen LogP contribution in [0.25, 0.3) is 0 Å². The summed E-state index contributed by atoms with van der Waals surface area (Å²) in [6.07, 6.45) is 10.1. The van der Waals surface area contributed by atoms with Crippen LogP contribution in [0.1, 0.15) is 43.4 Å². The minimum Gasteiger partial charge on any atom is -0.336 e. The number of thiocarbonyl (C=S) groups is 1. The molecule has 1 heterocycles. The van der Waals surface area contributed by atoms with Crippen LogP contribution in [0.3, 0.4) is 0 Å². The van der Waals surface area contributed by atoms with E-state index < -0.39 is 0 Å². The molecule has 0 spiro atoms. The third-order valence-electron chi connectivity index (χ3n) is 3.50. The smallest absolute Gasteiger partial charge is 0.0946 e. The predicted molar refractivity (Wildman–Crippen MR) is 106 cm³/mol. The fourth-order valence-electron chi connectivity index (χ4n) is 2.28. The van der Waals surface area contributed by atoms with Gasteiger partial charge in [-0.1, -0.05) is 61.3 Å². The first-order valence-corrected chi connectivity index (χ1v) is 9.74. The summed E-state index contributed by atoms with van der Waals surface area (Å²) in [6.45, 7) is 2.98. The maximum Gasteiger partial charge on any atom is 0.0946 e. The molecule has 124 valence electrons. The number of thioether (sulfide) groups is 1. The molecule has 23 heavy (non-hydrogen) atoms. The Labute approximate surface area is 157 Å². The number of hydrogen-bond acceptors (Lipinski definition) is 3. The molecule has 1 aromatic heterocycles. The van der Waals surface area contributed by atoms with Crippen molar-refractivity contribution < 1.29 is 0 Å². The first-order chi connectivity index (χ1) is 11.1. The van der Waals surface area contributed by atoms with Gasteiger partial charge in [-0.15, -0.1) is 11.8 Å². The van der Waals surface area contributed by atoms with Gasteiger partial charge >= 0.3 is 0 Å². The third-order valence-corrected chi connectivity index (χ3v) is 5.71. The lowest BCUT2D eigenvalue weighted by Gasteiger charge is -2.19. The molecule has 0 bridgehead atoms. The van der Waals surface area contributed by atoms with Crippen LogP contribution in [0.15, 0.2) is 36.9 Å². The Morgan fingerprint density at radius 2 is 2.17 bits per heavy atom. The molecule has 0 amide bonds. The summed E-state index contributed by atoms with van der Waals surface area (Å²) in [5, 5.41) is 1.49. The van der Waals surface area contributed by atoms with E-state index in [2.05, 4.69) is 16.5 Å². The molecule has 0 saturated carbocycles. The molecule has 0 aliphatic rings. The van der Waals surface area contributed by atoms with Gasteiger partial charge in [-0.25, -0.2) is 4.98 Å². The Hall–Kier alpha value is -0.550. The highest BCUT2D eigenvalue weighted by molar-refractivity contribution is 8.23. The fourth-order valence-corrected chi connectivity index (χ4v) is 4.54. The van der Waals surface area contributed by atoms with Crippen molar-refractivity contribution in [1.82, 2.24) is 9.55 Å². The van der Waals surface area contributed by atoms with Crippen molar-refractivity contribution in [2.45, 2.75) is 44.4 Å². The van der Waals surface area contributed by atoms with Crippen LogP contribution in [0, 0.1) is 0 Å². The number of nitrogens with zero attached hydrogens (tertiary/aromatic N) is 2. The zero-order chi connectivity index (χ0) is 16.7. The number of imidazole rings is 1. The van der Waals surface area contributed by atoms with E-state index in [1.165, 1.54) is 12.8 Å². The Bertz CT molecular complexity index is 630. The minimum atomic E-state index is 0.156. The lowest BCUT2D eigenvalue weighted by Crippen LogP contribution is -2.08. The summed E-state index contributed by atoms with van der Waals surface area (Å²) in [5.74, 6) is 0. The zero-order valence-corrected chi connectivity index (χ0v) is 16.2. The number of benzene rings is 1. The Morgan fingerprint density at radius 1 is 1.35 bits per heavy atom. The molecule has 0 aliphatic heterocycles. The molecule has 1 unspecified atom stereocenters. The van der Waals surface area contributed by atoms with Gasteiger partial charge in [-0.2, -0.15) is 0 Å². The topological polar surface area (TPSA) is 17.8 Å². The molecule has 2 rings (SSSR count). The van der Waals surface area contributed by atoms with E-state index in [0.29, 0.717) is 10.0 Å². The lowest BCUT2D eigenvalue weighted by atomic mass is 10.1. The van der Waals surface area contributed by atoms with Crippen molar-refractivity contribution in [3.63, 3.8) is 0 Å². The summed E-state index contributed by atoms with van der Waals surface area (Å²) >= 11 is 19.7. The molecule has 0 aliphatic carbocycles. The number of halogens is 2. The van der Waals surface area contributed by atoms with Gasteiger partial charge in [-0.05, 0) is 30.5 Å². The van der Waals surface area contributed by atoms with Crippen LogP contribution in [0.2, 0.25) is 10.0 Å². The minimum absolute atomic E-state index is 0.156. The summed E-state index contributed by atoms with van der Waals surface area (Å²) in [5.41, 5.74) is 1.06. The second-order valence-electron chi connectivity index (χ2n) is 5.36. The van der Waals surface area contributed by atoms with Crippen molar-refractivity contribution in [2.75, 3.05) is 0 Å². The fraction of sp³-hybridized carbons (Fsp3) is 0.412. The summed E-state index contributed by atoms with van der Waals surface area (Å²) in [6, 6.07) is 5.67. The van der Waals surface area contributed by atoms with Gasteiger partial charge in [0.15, 0.2) is 0 Å². The van der Waals surface area contributed by atoms with Gasteiger partial charge in [-0.3, -0.25) is 0 Å². The SMILES string of the molecule is CCCCCC(=S)SC(Cn1ccnc1)c1ccc(Cl)cc1Cl. The molecule has 0 N–H and O–H groups in total. The number of aromatic nitrogens is 2. The highest BCUT2D eigenvalue weighted by Gasteiger charge is 2.18. The Balaban J connectivity index is 2.12. The average molecular weight is 387 g/mol. The van der Waals surface area contributed by atoms with E-state index in [9.17, 15) is 0 Å². The zero-order valence-electron chi connectivity index (χ0n) is 13.0. The van der Waals surface area contributed by atoms with E-state index >= 15 is 0 Å². The molecule has 2 aromatic rings. The van der Waals surface area contributed by atoms with Crippen LogP contribution in [0.5, 0.6) is 0 Å². The Morgan fingerprint density at radius 3 is 2.83 bits per heavy atom. The van der Waals surface area contributed by atoms with Gasteiger partial charge in [0.05, 0.1) is 11.6 Å². The Kier molecular flexibility index (Phi) is 7.90. The summed E-state index contributed by atoms with van der Waals surface area (Å²) < 4.78 is 3.09. The first kappa shape index (κ1) is 18.8. The maximum absolute atomic E-state index is 6.41. The quantitative estimate of drug-likeness (QED) is 0.377. The number of unbranched alkanes of at least 4 members (excludes halogenated alkanes) is 2. The molecular formula is C17H20Cl2N2S2. The standard InChI is InChI=1S/C17H20Cl2N2S2/c1-2-3-4-5-17(22)23-16(11-21-9-8-20-12-21)14-7-6-13(18)10-15(14)19/h6-10,12,16H,2-5,11H2,1H3. The van der Waals surface area contributed by atoms with Gasteiger partial charge in [0, 0.05) is 33.2 Å². The van der Waals surface area contributed by atoms with Crippen molar-refractivity contribution in [1.29, 1.82) is 0 Å².